The molecule has 1 aliphatic heterocycles. The molecule has 0 spiro atoms. The molecule has 2 aromatic carbocycles. The maximum atomic E-state index is 13.0. The molecule has 0 bridgehead atoms. The van der Waals surface area contributed by atoms with E-state index in [2.05, 4.69) is 4.72 Å². The summed E-state index contributed by atoms with van der Waals surface area (Å²) in [6.45, 7) is -0.0162. The molecular formula is C21H24N2O7S. The van der Waals surface area contributed by atoms with Crippen LogP contribution in [0.25, 0.3) is 0 Å². The molecule has 10 heteroatoms. The Labute approximate surface area is 181 Å². The number of rotatable bonds is 8. The van der Waals surface area contributed by atoms with Crippen molar-refractivity contribution in [3.05, 3.63) is 42.0 Å². The fourth-order valence-corrected chi connectivity index (χ4v) is 4.51. The van der Waals surface area contributed by atoms with Gasteiger partial charge in [-0.1, -0.05) is 6.07 Å². The van der Waals surface area contributed by atoms with Gasteiger partial charge in [0.25, 0.3) is 0 Å². The molecule has 1 saturated heterocycles. The van der Waals surface area contributed by atoms with Crippen molar-refractivity contribution >= 4 is 27.5 Å². The second-order valence-corrected chi connectivity index (χ2v) is 8.56. The molecule has 0 aromatic heterocycles. The van der Waals surface area contributed by atoms with E-state index in [1.54, 1.807) is 18.2 Å². The highest BCUT2D eigenvalue weighted by molar-refractivity contribution is 7.89. The highest BCUT2D eigenvalue weighted by atomic mass is 32.2. The Kier molecular flexibility index (Phi) is 6.81. The van der Waals surface area contributed by atoms with Crippen LogP contribution in [0.5, 0.6) is 17.2 Å². The van der Waals surface area contributed by atoms with Crippen molar-refractivity contribution in [1.29, 1.82) is 0 Å². The number of anilines is 1. The zero-order chi connectivity index (χ0) is 22.6. The van der Waals surface area contributed by atoms with Gasteiger partial charge >= 0.3 is 0 Å². The number of ether oxygens (including phenoxy) is 3. The van der Waals surface area contributed by atoms with Crippen LogP contribution in [0.3, 0.4) is 0 Å². The molecule has 1 heterocycles. The van der Waals surface area contributed by atoms with Crippen LogP contribution >= 0.6 is 0 Å². The Morgan fingerprint density at radius 1 is 0.871 bits per heavy atom. The maximum absolute atomic E-state index is 13.0. The Balaban J connectivity index is 1.89. The SMILES string of the molecule is COc1ccc(CNS(=O)(=O)c2cc(N3C(=O)CCCC3=O)ccc2OC)cc1OC. The highest BCUT2D eigenvalue weighted by Crippen LogP contribution is 2.32. The van der Waals surface area contributed by atoms with Crippen molar-refractivity contribution in [1.82, 2.24) is 4.72 Å². The van der Waals surface area contributed by atoms with E-state index in [0.717, 1.165) is 4.90 Å². The first kappa shape index (κ1) is 22.6. The normalized spacial score (nSPS) is 14.5. The van der Waals surface area contributed by atoms with E-state index in [4.69, 9.17) is 14.2 Å². The van der Waals surface area contributed by atoms with Crippen LogP contribution in [0.4, 0.5) is 5.69 Å². The number of nitrogens with one attached hydrogen (secondary N) is 1. The minimum Gasteiger partial charge on any atom is -0.495 e. The fourth-order valence-electron chi connectivity index (χ4n) is 3.30. The Hall–Kier alpha value is -3.11. The summed E-state index contributed by atoms with van der Waals surface area (Å²) in [7, 11) is 0.320. The fraction of sp³-hybridized carbons (Fsp3) is 0.333. The molecule has 9 nitrogen and oxygen atoms in total. The zero-order valence-electron chi connectivity index (χ0n) is 17.5. The van der Waals surface area contributed by atoms with Crippen molar-refractivity contribution in [2.75, 3.05) is 26.2 Å². The van der Waals surface area contributed by atoms with Gasteiger partial charge in [0.05, 0.1) is 27.0 Å². The predicted molar refractivity (Wildman–Crippen MR) is 113 cm³/mol. The Morgan fingerprint density at radius 3 is 2.10 bits per heavy atom. The molecule has 1 aliphatic rings. The van der Waals surface area contributed by atoms with Gasteiger partial charge in [-0.15, -0.1) is 0 Å². The zero-order valence-corrected chi connectivity index (χ0v) is 18.3. The van der Waals surface area contributed by atoms with Crippen LogP contribution in [0.1, 0.15) is 24.8 Å². The summed E-state index contributed by atoms with van der Waals surface area (Å²) in [6.07, 6.45) is 0.956. The molecule has 31 heavy (non-hydrogen) atoms. The average molecular weight is 448 g/mol. The van der Waals surface area contributed by atoms with Crippen molar-refractivity contribution in [2.24, 2.45) is 0 Å². The van der Waals surface area contributed by atoms with E-state index in [1.807, 2.05) is 0 Å². The summed E-state index contributed by atoms with van der Waals surface area (Å²) in [5, 5.41) is 0. The molecule has 3 rings (SSSR count). The van der Waals surface area contributed by atoms with E-state index >= 15 is 0 Å². The molecule has 2 amide bonds. The number of hydrogen-bond donors (Lipinski definition) is 1. The van der Waals surface area contributed by atoms with Gasteiger partial charge in [-0.25, -0.2) is 13.1 Å². The summed E-state index contributed by atoms with van der Waals surface area (Å²) >= 11 is 0. The number of sulfonamides is 1. The van der Waals surface area contributed by atoms with Gasteiger partial charge in [-0.05, 0) is 42.3 Å². The monoisotopic (exact) mass is 448 g/mol. The lowest BCUT2D eigenvalue weighted by molar-refractivity contribution is -0.129. The van der Waals surface area contributed by atoms with Gasteiger partial charge < -0.3 is 14.2 Å². The lowest BCUT2D eigenvalue weighted by atomic mass is 10.1. The van der Waals surface area contributed by atoms with Crippen molar-refractivity contribution in [3.8, 4) is 17.2 Å². The minimum atomic E-state index is -4.03. The molecule has 2 aromatic rings. The number of amides is 2. The molecular weight excluding hydrogens is 424 g/mol. The second kappa shape index (κ2) is 9.36. The first-order valence-electron chi connectivity index (χ1n) is 9.55. The number of carbonyl (C=O) groups is 2. The lowest BCUT2D eigenvalue weighted by Crippen LogP contribution is -2.40. The summed E-state index contributed by atoms with van der Waals surface area (Å²) in [5.74, 6) is 0.381. The first-order chi connectivity index (χ1) is 14.8. The molecule has 1 fully saturated rings. The van der Waals surface area contributed by atoms with Gasteiger partial charge in [0, 0.05) is 19.4 Å². The quantitative estimate of drug-likeness (QED) is 0.617. The van der Waals surface area contributed by atoms with E-state index in [0.29, 0.717) is 23.5 Å². The van der Waals surface area contributed by atoms with Crippen LogP contribution in [-0.4, -0.2) is 41.6 Å². The van der Waals surface area contributed by atoms with E-state index in [1.165, 1.54) is 39.5 Å². The largest absolute Gasteiger partial charge is 0.495 e. The molecule has 0 unspecified atom stereocenters. The number of piperidine rings is 1. The molecule has 0 aliphatic carbocycles. The van der Waals surface area contributed by atoms with Crippen LogP contribution in [-0.2, 0) is 26.2 Å². The van der Waals surface area contributed by atoms with Gasteiger partial charge in [-0.3, -0.25) is 14.5 Å². The van der Waals surface area contributed by atoms with Gasteiger partial charge in [0.15, 0.2) is 11.5 Å². The van der Waals surface area contributed by atoms with E-state index in [9.17, 15) is 18.0 Å². The Morgan fingerprint density at radius 2 is 1.48 bits per heavy atom. The van der Waals surface area contributed by atoms with Gasteiger partial charge in [-0.2, -0.15) is 0 Å². The van der Waals surface area contributed by atoms with E-state index in [-0.39, 0.29) is 47.5 Å². The van der Waals surface area contributed by atoms with Crippen LogP contribution in [0.15, 0.2) is 41.3 Å². The van der Waals surface area contributed by atoms with Gasteiger partial charge in [0.2, 0.25) is 21.8 Å². The average Bonchev–Trinajstić information content (AvgIpc) is 2.77. The number of benzene rings is 2. The van der Waals surface area contributed by atoms with Crippen molar-refractivity contribution < 1.29 is 32.2 Å². The topological polar surface area (TPSA) is 111 Å². The molecule has 0 saturated carbocycles. The summed E-state index contributed by atoms with van der Waals surface area (Å²) in [4.78, 5) is 25.3. The summed E-state index contributed by atoms with van der Waals surface area (Å²) in [6, 6.07) is 9.25. The van der Waals surface area contributed by atoms with Crippen molar-refractivity contribution in [3.63, 3.8) is 0 Å². The van der Waals surface area contributed by atoms with Crippen LogP contribution in [0.2, 0.25) is 0 Å². The lowest BCUT2D eigenvalue weighted by Gasteiger charge is -2.25. The summed E-state index contributed by atoms with van der Waals surface area (Å²) in [5.41, 5.74) is 0.847. The standard InChI is InChI=1S/C21H24N2O7S/c1-28-16-9-7-14(11-18(16)30-3)13-22-31(26,27)19-12-15(8-10-17(19)29-2)23-20(24)5-4-6-21(23)25/h7-12,22H,4-6,13H2,1-3H3. The number of carbonyl (C=O) groups excluding carboxylic acids is 2. The third kappa shape index (κ3) is 4.80. The van der Waals surface area contributed by atoms with Crippen LogP contribution < -0.4 is 23.8 Å². The number of nitrogens with zero attached hydrogens (tertiary/aromatic N) is 1. The summed E-state index contributed by atoms with van der Waals surface area (Å²) < 4.78 is 44.2. The first-order valence-corrected chi connectivity index (χ1v) is 11.0. The maximum Gasteiger partial charge on any atom is 0.244 e. The molecule has 166 valence electrons. The van der Waals surface area contributed by atoms with Crippen molar-refractivity contribution in [2.45, 2.75) is 30.7 Å². The molecule has 0 atom stereocenters. The second-order valence-electron chi connectivity index (χ2n) is 6.83. The number of methoxy groups -OCH3 is 3. The third-order valence-corrected chi connectivity index (χ3v) is 6.31. The Bertz CT molecular complexity index is 1080. The third-order valence-electron chi connectivity index (χ3n) is 4.89. The molecule has 0 radical (unpaired) electrons. The van der Waals surface area contributed by atoms with E-state index < -0.39 is 10.0 Å². The predicted octanol–water partition coefficient (Wildman–Crippen LogP) is 2.23. The smallest absolute Gasteiger partial charge is 0.244 e. The number of imide groups is 1. The van der Waals surface area contributed by atoms with Gasteiger partial charge in [0.1, 0.15) is 10.6 Å². The van der Waals surface area contributed by atoms with Crippen LogP contribution in [0, 0.1) is 0 Å². The number of hydrogen-bond acceptors (Lipinski definition) is 7. The minimum absolute atomic E-state index is 0.0162. The molecule has 1 N–H and O–H groups in total. The highest BCUT2D eigenvalue weighted by Gasteiger charge is 2.29.